The third-order valence-corrected chi connectivity index (χ3v) is 3.48. The Morgan fingerprint density at radius 2 is 2.22 bits per heavy atom. The fourth-order valence-electron chi connectivity index (χ4n) is 1.50. The number of aromatic hydroxyl groups is 1. The van der Waals surface area contributed by atoms with Gasteiger partial charge >= 0.3 is 5.63 Å². The van der Waals surface area contributed by atoms with Gasteiger partial charge in [-0.1, -0.05) is 22.9 Å². The molecular formula is C13H13BrO4. The van der Waals surface area contributed by atoms with Gasteiger partial charge in [0, 0.05) is 22.3 Å². The lowest BCUT2D eigenvalue weighted by molar-refractivity contribution is 0.299. The van der Waals surface area contributed by atoms with Crippen molar-refractivity contribution in [3.05, 3.63) is 34.7 Å². The van der Waals surface area contributed by atoms with E-state index in [0.717, 1.165) is 6.42 Å². The highest BCUT2D eigenvalue weighted by atomic mass is 79.9. The highest BCUT2D eigenvalue weighted by Crippen LogP contribution is 2.31. The van der Waals surface area contributed by atoms with Crippen LogP contribution in [0.2, 0.25) is 0 Å². The van der Waals surface area contributed by atoms with Gasteiger partial charge in [-0.05, 0) is 18.6 Å². The topological polar surface area (TPSA) is 59.7 Å². The first kappa shape index (κ1) is 13.0. The average molecular weight is 313 g/mol. The molecule has 1 aromatic carbocycles. The molecule has 1 aromatic heterocycles. The molecule has 0 saturated carbocycles. The standard InChI is InChI=1S/C13H13BrO4/c1-2-9(14)7-17-12-6-11-8(5-10(12)15)3-4-13(16)18-11/h3-6,9,15H,2,7H2,1H3. The van der Waals surface area contributed by atoms with Crippen molar-refractivity contribution in [2.45, 2.75) is 18.2 Å². The second-order valence-corrected chi connectivity index (χ2v) is 5.22. The van der Waals surface area contributed by atoms with Crippen molar-refractivity contribution in [3.63, 3.8) is 0 Å². The number of alkyl halides is 1. The zero-order valence-electron chi connectivity index (χ0n) is 9.85. The Bertz CT molecular complexity index is 605. The lowest BCUT2D eigenvalue weighted by Gasteiger charge is -2.11. The lowest BCUT2D eigenvalue weighted by atomic mass is 10.2. The van der Waals surface area contributed by atoms with Gasteiger partial charge in [0.05, 0.1) is 0 Å². The number of hydrogen-bond acceptors (Lipinski definition) is 4. The van der Waals surface area contributed by atoms with Gasteiger partial charge in [0.15, 0.2) is 11.5 Å². The Hall–Kier alpha value is -1.49. The van der Waals surface area contributed by atoms with Crippen LogP contribution in [0.1, 0.15) is 13.3 Å². The maximum atomic E-state index is 11.1. The molecule has 0 radical (unpaired) electrons. The Morgan fingerprint density at radius 1 is 1.44 bits per heavy atom. The van der Waals surface area contributed by atoms with Crippen molar-refractivity contribution in [3.8, 4) is 11.5 Å². The second-order valence-electron chi connectivity index (χ2n) is 3.93. The summed E-state index contributed by atoms with van der Waals surface area (Å²) < 4.78 is 10.5. The van der Waals surface area contributed by atoms with Gasteiger partial charge in [-0.2, -0.15) is 0 Å². The molecule has 96 valence electrons. The number of phenols is 1. The summed E-state index contributed by atoms with van der Waals surface area (Å²) >= 11 is 3.44. The predicted octanol–water partition coefficient (Wildman–Crippen LogP) is 3.05. The number of hydrogen-bond donors (Lipinski definition) is 1. The maximum absolute atomic E-state index is 11.1. The Labute approximate surface area is 112 Å². The summed E-state index contributed by atoms with van der Waals surface area (Å²) in [7, 11) is 0. The minimum Gasteiger partial charge on any atom is -0.504 e. The zero-order valence-corrected chi connectivity index (χ0v) is 11.4. The number of fused-ring (bicyclic) bond motifs is 1. The molecule has 1 heterocycles. The van der Waals surface area contributed by atoms with Gasteiger partial charge in [0.1, 0.15) is 12.2 Å². The summed E-state index contributed by atoms with van der Waals surface area (Å²) in [5, 5.41) is 10.5. The molecule has 1 N–H and O–H groups in total. The Balaban J connectivity index is 2.33. The van der Waals surface area contributed by atoms with Crippen LogP contribution in [0.4, 0.5) is 0 Å². The van der Waals surface area contributed by atoms with Crippen molar-refractivity contribution in [2.75, 3.05) is 6.61 Å². The van der Waals surface area contributed by atoms with E-state index >= 15 is 0 Å². The average Bonchev–Trinajstić information content (AvgIpc) is 2.36. The number of phenolic OH excluding ortho intramolecular Hbond substituents is 1. The number of halogens is 1. The van der Waals surface area contributed by atoms with Gasteiger partial charge in [-0.15, -0.1) is 0 Å². The van der Waals surface area contributed by atoms with Gasteiger partial charge < -0.3 is 14.3 Å². The van der Waals surface area contributed by atoms with Gasteiger partial charge in [-0.3, -0.25) is 0 Å². The minimum atomic E-state index is -0.425. The molecule has 4 nitrogen and oxygen atoms in total. The second kappa shape index (κ2) is 5.44. The van der Waals surface area contributed by atoms with E-state index in [1.807, 2.05) is 6.92 Å². The van der Waals surface area contributed by atoms with Crippen LogP contribution in [0.5, 0.6) is 11.5 Å². The lowest BCUT2D eigenvalue weighted by Crippen LogP contribution is -2.09. The summed E-state index contributed by atoms with van der Waals surface area (Å²) in [6, 6.07) is 5.96. The van der Waals surface area contributed by atoms with Crippen LogP contribution in [0, 0.1) is 0 Å². The van der Waals surface area contributed by atoms with E-state index in [2.05, 4.69) is 15.9 Å². The predicted molar refractivity (Wildman–Crippen MR) is 72.6 cm³/mol. The van der Waals surface area contributed by atoms with Crippen molar-refractivity contribution in [1.29, 1.82) is 0 Å². The third-order valence-electron chi connectivity index (χ3n) is 2.56. The third kappa shape index (κ3) is 2.85. The van der Waals surface area contributed by atoms with Crippen LogP contribution in [0.3, 0.4) is 0 Å². The molecule has 2 rings (SSSR count). The van der Waals surface area contributed by atoms with Gasteiger partial charge in [0.25, 0.3) is 0 Å². The molecule has 0 amide bonds. The fraction of sp³-hybridized carbons (Fsp3) is 0.308. The first-order chi connectivity index (χ1) is 8.60. The summed E-state index contributed by atoms with van der Waals surface area (Å²) in [6.07, 6.45) is 0.920. The van der Waals surface area contributed by atoms with Gasteiger partial charge in [-0.25, -0.2) is 4.79 Å². The largest absolute Gasteiger partial charge is 0.504 e. The zero-order chi connectivity index (χ0) is 13.1. The van der Waals surface area contributed by atoms with Crippen LogP contribution in [-0.2, 0) is 0 Å². The van der Waals surface area contributed by atoms with Gasteiger partial charge in [0.2, 0.25) is 0 Å². The normalized spacial score (nSPS) is 12.6. The van der Waals surface area contributed by atoms with Crippen molar-refractivity contribution >= 4 is 26.9 Å². The van der Waals surface area contributed by atoms with E-state index in [0.29, 0.717) is 23.3 Å². The van der Waals surface area contributed by atoms with Crippen molar-refractivity contribution in [2.24, 2.45) is 0 Å². The number of benzene rings is 1. The summed E-state index contributed by atoms with van der Waals surface area (Å²) in [5.41, 5.74) is -0.0241. The molecule has 1 unspecified atom stereocenters. The Kier molecular flexibility index (Phi) is 3.91. The molecule has 0 aliphatic heterocycles. The molecule has 0 saturated heterocycles. The van der Waals surface area contributed by atoms with Crippen LogP contribution in [-0.4, -0.2) is 16.5 Å². The molecule has 0 aliphatic rings. The monoisotopic (exact) mass is 312 g/mol. The summed E-state index contributed by atoms with van der Waals surface area (Å²) in [4.78, 5) is 11.3. The van der Waals surface area contributed by atoms with E-state index in [1.165, 1.54) is 18.2 Å². The van der Waals surface area contributed by atoms with E-state index in [-0.39, 0.29) is 10.6 Å². The minimum absolute atomic E-state index is 0.0344. The molecular weight excluding hydrogens is 300 g/mol. The fourth-order valence-corrected chi connectivity index (χ4v) is 1.63. The van der Waals surface area contributed by atoms with E-state index in [9.17, 15) is 9.90 Å². The molecule has 0 bridgehead atoms. The molecule has 5 heteroatoms. The molecule has 0 aliphatic carbocycles. The first-order valence-electron chi connectivity index (χ1n) is 5.64. The molecule has 0 spiro atoms. The van der Waals surface area contributed by atoms with Crippen LogP contribution >= 0.6 is 15.9 Å². The van der Waals surface area contributed by atoms with E-state index < -0.39 is 5.63 Å². The van der Waals surface area contributed by atoms with Crippen LogP contribution < -0.4 is 10.4 Å². The summed E-state index contributed by atoms with van der Waals surface area (Å²) in [5.74, 6) is 0.349. The molecule has 18 heavy (non-hydrogen) atoms. The molecule has 1 atom stereocenters. The smallest absolute Gasteiger partial charge is 0.336 e. The van der Waals surface area contributed by atoms with E-state index in [4.69, 9.17) is 9.15 Å². The summed E-state index contributed by atoms with van der Waals surface area (Å²) in [6.45, 7) is 2.47. The number of ether oxygens (including phenoxy) is 1. The maximum Gasteiger partial charge on any atom is 0.336 e. The SMILES string of the molecule is CCC(Br)COc1cc2oc(=O)ccc2cc1O. The van der Waals surface area contributed by atoms with E-state index in [1.54, 1.807) is 6.07 Å². The van der Waals surface area contributed by atoms with Crippen LogP contribution in [0.15, 0.2) is 33.5 Å². The quantitative estimate of drug-likeness (QED) is 0.696. The first-order valence-corrected chi connectivity index (χ1v) is 6.55. The molecule has 2 aromatic rings. The number of rotatable bonds is 4. The van der Waals surface area contributed by atoms with Crippen LogP contribution in [0.25, 0.3) is 11.0 Å². The highest BCUT2D eigenvalue weighted by molar-refractivity contribution is 9.09. The van der Waals surface area contributed by atoms with Crippen molar-refractivity contribution in [1.82, 2.24) is 0 Å². The molecule has 0 fully saturated rings. The van der Waals surface area contributed by atoms with Crippen molar-refractivity contribution < 1.29 is 14.3 Å². The highest BCUT2D eigenvalue weighted by Gasteiger charge is 2.09. The Morgan fingerprint density at radius 3 is 2.94 bits per heavy atom.